The molecule has 14 aromatic rings. The predicted molar refractivity (Wildman–Crippen MR) is 234 cm³/mol. The van der Waals surface area contributed by atoms with E-state index in [-0.39, 0.29) is 22.3 Å². The van der Waals surface area contributed by atoms with Gasteiger partial charge in [0, 0.05) is 0 Å². The molecule has 59 heavy (non-hydrogen) atoms. The Labute approximate surface area is 329 Å². The molecule has 0 aliphatic rings. The zero-order valence-corrected chi connectivity index (χ0v) is 30.5. The van der Waals surface area contributed by atoms with Crippen LogP contribution in [0, 0.1) is 0 Å². The minimum atomic E-state index is -1.35. The van der Waals surface area contributed by atoms with Crippen LogP contribution in [0.2, 0.25) is 0 Å². The van der Waals surface area contributed by atoms with Gasteiger partial charge in [0.2, 0.25) is 0 Å². The van der Waals surface area contributed by atoms with Crippen molar-refractivity contribution in [2.24, 2.45) is 0 Å². The van der Waals surface area contributed by atoms with Gasteiger partial charge in [-0.25, -0.2) is 19.2 Å². The fourth-order valence-electron chi connectivity index (χ4n) is 11.2. The standard InChI is InChI=1S/C52H22O7/c53-49(54)45-29-17-13-25-9-5-21-1-3-23-7-11-27-15-19-31(43-39(27)35(23)33(21)37(25)41(29)43)47(45)51(57)59-52(58)48-32-20-16-28-12-8-24-4-2-22-6-10-26-14-18-30(46(48)50(55)56)42-38(26)34(22)36(24)40(28)44(32)42/h1-20H,(H,53,54)(H,55,56). The van der Waals surface area contributed by atoms with E-state index in [2.05, 4.69) is 48.5 Å². The number of carboxylic acid groups (broad SMARTS) is 2. The maximum Gasteiger partial charge on any atom is 0.347 e. The van der Waals surface area contributed by atoms with E-state index >= 15 is 0 Å². The van der Waals surface area contributed by atoms with Crippen LogP contribution in [0.1, 0.15) is 41.4 Å². The van der Waals surface area contributed by atoms with Gasteiger partial charge >= 0.3 is 23.9 Å². The van der Waals surface area contributed by atoms with Crippen LogP contribution in [0.5, 0.6) is 0 Å². The lowest BCUT2D eigenvalue weighted by Crippen LogP contribution is -2.20. The van der Waals surface area contributed by atoms with E-state index in [1.54, 1.807) is 24.3 Å². The molecule has 0 unspecified atom stereocenters. The normalized spacial score (nSPS) is 12.8. The second kappa shape index (κ2) is 10.0. The SMILES string of the molecule is O=C(O)c1c(C(=O)OC(=O)c2c(C(=O)O)c3ccc4ccc5ccc6ccc7ccc2c2c7c6c5c4c32)c2ccc3ccc4ccc5ccc6ccc1c1c6c5c4c3c21. The Bertz CT molecular complexity index is 3960. The Morgan fingerprint density at radius 1 is 0.271 bits per heavy atom. The summed E-state index contributed by atoms with van der Waals surface area (Å²) in [6, 6.07) is 39.0. The summed E-state index contributed by atoms with van der Waals surface area (Å²) in [5.74, 6) is -5.06. The van der Waals surface area contributed by atoms with E-state index in [9.17, 15) is 29.4 Å². The molecule has 14 aromatic carbocycles. The number of carbonyl (C=O) groups is 4. The van der Waals surface area contributed by atoms with Gasteiger partial charge in [0.25, 0.3) is 0 Å². The van der Waals surface area contributed by atoms with Crippen LogP contribution in [0.3, 0.4) is 0 Å². The Morgan fingerprint density at radius 2 is 0.458 bits per heavy atom. The highest BCUT2D eigenvalue weighted by molar-refractivity contribution is 6.49. The first kappa shape index (κ1) is 31.0. The lowest BCUT2D eigenvalue weighted by Gasteiger charge is -2.23. The van der Waals surface area contributed by atoms with Crippen LogP contribution >= 0.6 is 0 Å². The molecule has 0 bridgehead atoms. The molecule has 0 aliphatic heterocycles. The molecule has 14 rings (SSSR count). The fraction of sp³-hybridized carbons (Fsp3) is 0. The summed E-state index contributed by atoms with van der Waals surface area (Å²) >= 11 is 0. The van der Waals surface area contributed by atoms with Gasteiger partial charge in [-0.05, 0) is 129 Å². The Balaban J connectivity index is 1.07. The maximum atomic E-state index is 14.8. The molecular formula is C52H22O7. The smallest absolute Gasteiger partial charge is 0.347 e. The molecule has 0 atom stereocenters. The van der Waals surface area contributed by atoms with Crippen LogP contribution in [-0.4, -0.2) is 34.1 Å². The molecule has 7 heteroatoms. The Kier molecular flexibility index (Phi) is 5.27. The van der Waals surface area contributed by atoms with Gasteiger partial charge in [-0.15, -0.1) is 0 Å². The van der Waals surface area contributed by atoms with Gasteiger partial charge in [-0.3, -0.25) is 0 Å². The average Bonchev–Trinajstić information content (AvgIpc) is 3.25. The van der Waals surface area contributed by atoms with Crippen molar-refractivity contribution >= 4 is 153 Å². The third kappa shape index (κ3) is 3.45. The van der Waals surface area contributed by atoms with E-state index in [1.807, 2.05) is 48.5 Å². The van der Waals surface area contributed by atoms with E-state index in [1.165, 1.54) is 0 Å². The first-order valence-corrected chi connectivity index (χ1v) is 19.3. The predicted octanol–water partition coefficient (Wildman–Crippen LogP) is 12.5. The molecule has 272 valence electrons. The van der Waals surface area contributed by atoms with Crippen molar-refractivity contribution in [3.63, 3.8) is 0 Å². The second-order valence-corrected chi connectivity index (χ2v) is 15.9. The number of aromatic carboxylic acids is 2. The number of ether oxygens (including phenoxy) is 1. The van der Waals surface area contributed by atoms with Crippen molar-refractivity contribution < 1.29 is 34.1 Å². The summed E-state index contributed by atoms with van der Waals surface area (Å²) in [6.45, 7) is 0. The number of esters is 2. The molecule has 0 amide bonds. The number of benzene rings is 14. The third-order valence-corrected chi connectivity index (χ3v) is 13.4. The largest absolute Gasteiger partial charge is 0.478 e. The molecule has 0 spiro atoms. The first-order valence-electron chi connectivity index (χ1n) is 19.3. The molecule has 0 aliphatic carbocycles. The van der Waals surface area contributed by atoms with E-state index in [0.717, 1.165) is 97.0 Å². The minimum absolute atomic E-state index is 0.268. The van der Waals surface area contributed by atoms with Crippen LogP contribution in [0.15, 0.2) is 121 Å². The summed E-state index contributed by atoms with van der Waals surface area (Å²) < 4.78 is 5.82. The molecule has 2 N–H and O–H groups in total. The van der Waals surface area contributed by atoms with Gasteiger partial charge in [0.15, 0.2) is 0 Å². The molecule has 0 saturated heterocycles. The van der Waals surface area contributed by atoms with E-state index in [0.29, 0.717) is 32.3 Å². The summed E-state index contributed by atoms with van der Waals surface area (Å²) in [6.07, 6.45) is 0. The Morgan fingerprint density at radius 3 is 0.678 bits per heavy atom. The number of carbonyl (C=O) groups excluding carboxylic acids is 2. The lowest BCUT2D eigenvalue weighted by molar-refractivity contribution is 0.0390. The van der Waals surface area contributed by atoms with E-state index < -0.39 is 23.9 Å². The van der Waals surface area contributed by atoms with Crippen molar-refractivity contribution in [3.05, 3.63) is 144 Å². The van der Waals surface area contributed by atoms with Gasteiger partial charge in [-0.2, -0.15) is 0 Å². The fourth-order valence-corrected chi connectivity index (χ4v) is 11.2. The quantitative estimate of drug-likeness (QED) is 0.0794. The highest BCUT2D eigenvalue weighted by Crippen LogP contribution is 2.52. The monoisotopic (exact) mass is 758 g/mol. The average molecular weight is 759 g/mol. The highest BCUT2D eigenvalue weighted by Gasteiger charge is 2.34. The van der Waals surface area contributed by atoms with Crippen molar-refractivity contribution in [1.29, 1.82) is 0 Å². The number of rotatable bonds is 4. The van der Waals surface area contributed by atoms with Crippen LogP contribution in [-0.2, 0) is 4.74 Å². The van der Waals surface area contributed by atoms with Gasteiger partial charge in [-0.1, -0.05) is 121 Å². The van der Waals surface area contributed by atoms with Crippen LogP contribution in [0.4, 0.5) is 0 Å². The lowest BCUT2D eigenvalue weighted by atomic mass is 9.80. The van der Waals surface area contributed by atoms with Gasteiger partial charge in [0.1, 0.15) is 0 Å². The zero-order valence-electron chi connectivity index (χ0n) is 30.5. The van der Waals surface area contributed by atoms with Crippen molar-refractivity contribution in [2.75, 3.05) is 0 Å². The summed E-state index contributed by atoms with van der Waals surface area (Å²) in [4.78, 5) is 56.6. The van der Waals surface area contributed by atoms with Crippen LogP contribution < -0.4 is 0 Å². The van der Waals surface area contributed by atoms with Gasteiger partial charge in [0.05, 0.1) is 22.3 Å². The second-order valence-electron chi connectivity index (χ2n) is 15.9. The molecular weight excluding hydrogens is 737 g/mol. The first-order chi connectivity index (χ1) is 28.8. The number of hydrogen-bond donors (Lipinski definition) is 2. The third-order valence-electron chi connectivity index (χ3n) is 13.4. The number of carboxylic acids is 2. The van der Waals surface area contributed by atoms with Crippen molar-refractivity contribution in [3.8, 4) is 0 Å². The molecule has 0 radical (unpaired) electrons. The molecule has 0 saturated carbocycles. The minimum Gasteiger partial charge on any atom is -0.478 e. The topological polar surface area (TPSA) is 118 Å². The number of hydrogen-bond acceptors (Lipinski definition) is 5. The summed E-state index contributed by atoms with van der Waals surface area (Å²) in [7, 11) is 0. The van der Waals surface area contributed by atoms with Gasteiger partial charge < -0.3 is 14.9 Å². The Hall–Kier alpha value is -8.16. The van der Waals surface area contributed by atoms with Crippen LogP contribution in [0.25, 0.3) is 129 Å². The van der Waals surface area contributed by atoms with Crippen molar-refractivity contribution in [1.82, 2.24) is 0 Å². The maximum absolute atomic E-state index is 14.8. The van der Waals surface area contributed by atoms with E-state index in [4.69, 9.17) is 4.74 Å². The summed E-state index contributed by atoms with van der Waals surface area (Å²) in [5.41, 5.74) is -1.11. The molecule has 0 heterocycles. The highest BCUT2D eigenvalue weighted by atomic mass is 16.6. The summed E-state index contributed by atoms with van der Waals surface area (Å²) in [5, 5.41) is 41.6. The van der Waals surface area contributed by atoms with Crippen molar-refractivity contribution in [2.45, 2.75) is 0 Å². The molecule has 0 aromatic heterocycles. The zero-order chi connectivity index (χ0) is 39.3. The molecule has 0 fully saturated rings. The molecule has 7 nitrogen and oxygen atoms in total.